The van der Waals surface area contributed by atoms with Gasteiger partial charge in [0.2, 0.25) is 0 Å². The van der Waals surface area contributed by atoms with Gasteiger partial charge in [0.15, 0.2) is 0 Å². The van der Waals surface area contributed by atoms with Crippen molar-refractivity contribution >= 4 is 23.3 Å². The van der Waals surface area contributed by atoms with Crippen molar-refractivity contribution in [3.63, 3.8) is 0 Å². The predicted octanol–water partition coefficient (Wildman–Crippen LogP) is -7.73. The molecular weight excluding hydrogens is 264 g/mol. The van der Waals surface area contributed by atoms with Crippen LogP contribution in [0.2, 0.25) is 0 Å². The van der Waals surface area contributed by atoms with Crippen molar-refractivity contribution in [2.24, 2.45) is 5.73 Å². The Labute approximate surface area is 139 Å². The Balaban J connectivity index is -0.000000105. The average Bonchev–Trinajstić information content (AvgIpc) is 1.98. The first-order chi connectivity index (χ1) is 6.27. The molecule has 0 spiro atoms. The standard InChI is InChI=1S/C5H9NO4.2Na.H2O3S/c6-3(5(9)10)1-2-4(7)8;;;1-4(2)3/h3H,1-2,6H2,(H,7,8)(H,9,10);;;(H2,1,2,3)/q;2*+1;/p-2. The summed E-state index contributed by atoms with van der Waals surface area (Å²) in [7, 11) is 0. The van der Waals surface area contributed by atoms with Gasteiger partial charge >= 0.3 is 71.1 Å². The van der Waals surface area contributed by atoms with E-state index in [4.69, 9.17) is 29.3 Å². The van der Waals surface area contributed by atoms with Crippen molar-refractivity contribution in [2.75, 3.05) is 0 Å². The molecule has 0 rings (SSSR count). The predicted molar refractivity (Wildman–Crippen MR) is 42.2 cm³/mol. The molecule has 0 aromatic heterocycles. The minimum atomic E-state index is -3.11. The van der Waals surface area contributed by atoms with Crippen LogP contribution < -0.4 is 64.8 Å². The third kappa shape index (κ3) is 29.4. The van der Waals surface area contributed by atoms with Crippen molar-refractivity contribution < 1.29 is 92.2 Å². The molecule has 0 fully saturated rings. The first-order valence-electron chi connectivity index (χ1n) is 3.24. The van der Waals surface area contributed by atoms with Gasteiger partial charge in [-0.05, 0) is 6.42 Å². The summed E-state index contributed by atoms with van der Waals surface area (Å²) in [6, 6.07) is -1.06. The summed E-state index contributed by atoms with van der Waals surface area (Å²) in [5.41, 5.74) is 5.00. The molecule has 0 radical (unpaired) electrons. The number of hydrogen-bond acceptors (Lipinski definition) is 6. The maximum absolute atomic E-state index is 9.99. The van der Waals surface area contributed by atoms with Crippen LogP contribution in [0.1, 0.15) is 12.8 Å². The molecule has 84 valence electrons. The van der Waals surface area contributed by atoms with E-state index in [0.717, 1.165) is 0 Å². The second-order valence-corrected chi connectivity index (χ2v) is 2.49. The van der Waals surface area contributed by atoms with Gasteiger partial charge in [0.1, 0.15) is 6.04 Å². The molecule has 0 bridgehead atoms. The van der Waals surface area contributed by atoms with Gasteiger partial charge < -0.3 is 25.1 Å². The number of carboxylic acids is 2. The Bertz CT molecular complexity index is 223. The molecule has 1 atom stereocenters. The van der Waals surface area contributed by atoms with E-state index in [9.17, 15) is 9.59 Å². The number of nitrogens with two attached hydrogens (primary N) is 1. The summed E-state index contributed by atoms with van der Waals surface area (Å²) in [5.74, 6) is -2.20. The molecule has 0 aromatic rings. The summed E-state index contributed by atoms with van der Waals surface area (Å²) >= 11 is -3.11. The zero-order valence-corrected chi connectivity index (χ0v) is 13.7. The normalized spacial score (nSPS) is 10.0. The van der Waals surface area contributed by atoms with Gasteiger partial charge in [-0.25, -0.2) is 0 Å². The molecule has 16 heavy (non-hydrogen) atoms. The van der Waals surface area contributed by atoms with Crippen LogP contribution in [-0.4, -0.2) is 41.5 Å². The van der Waals surface area contributed by atoms with Crippen LogP contribution in [0.4, 0.5) is 0 Å². The van der Waals surface area contributed by atoms with Crippen molar-refractivity contribution in [2.45, 2.75) is 18.9 Å². The third-order valence-electron chi connectivity index (χ3n) is 0.986. The zero-order valence-electron chi connectivity index (χ0n) is 8.91. The fraction of sp³-hybridized carbons (Fsp3) is 0.600. The molecule has 1 unspecified atom stereocenters. The van der Waals surface area contributed by atoms with Crippen LogP contribution in [0.3, 0.4) is 0 Å². The summed E-state index contributed by atoms with van der Waals surface area (Å²) in [4.78, 5) is 19.9. The molecule has 8 nitrogen and oxygen atoms in total. The second-order valence-electron chi connectivity index (χ2n) is 2.08. The molecule has 0 saturated heterocycles. The average molecular weight is 273 g/mol. The number of hydrogen-bond donors (Lipinski definition) is 3. The molecule has 4 N–H and O–H groups in total. The van der Waals surface area contributed by atoms with E-state index in [-0.39, 0.29) is 72.0 Å². The van der Waals surface area contributed by atoms with E-state index in [1.54, 1.807) is 0 Å². The first-order valence-corrected chi connectivity index (χ1v) is 4.24. The maximum Gasteiger partial charge on any atom is 1.00 e. The van der Waals surface area contributed by atoms with E-state index in [0.29, 0.717) is 0 Å². The Morgan fingerprint density at radius 3 is 1.75 bits per heavy atom. The van der Waals surface area contributed by atoms with Crippen molar-refractivity contribution in [3.05, 3.63) is 0 Å². The molecule has 0 aliphatic rings. The summed E-state index contributed by atoms with van der Waals surface area (Å²) < 4.78 is 25.3. The third-order valence-corrected chi connectivity index (χ3v) is 0.986. The minimum Gasteiger partial charge on any atom is -0.784 e. The topological polar surface area (TPSA) is 164 Å². The Hall–Kier alpha value is 0.970. The van der Waals surface area contributed by atoms with Crippen molar-refractivity contribution in [1.29, 1.82) is 0 Å². The molecule has 0 amide bonds. The fourth-order valence-electron chi connectivity index (χ4n) is 0.402. The molecule has 0 heterocycles. The van der Waals surface area contributed by atoms with Gasteiger partial charge in [-0.2, -0.15) is 0 Å². The van der Waals surface area contributed by atoms with Crippen LogP contribution in [0, 0.1) is 0 Å². The summed E-state index contributed by atoms with van der Waals surface area (Å²) in [5, 5.41) is 16.3. The number of carboxylic acid groups (broad SMARTS) is 2. The summed E-state index contributed by atoms with van der Waals surface area (Å²) in [6.45, 7) is 0. The van der Waals surface area contributed by atoms with Gasteiger partial charge in [0.25, 0.3) is 0 Å². The Morgan fingerprint density at radius 1 is 1.25 bits per heavy atom. The van der Waals surface area contributed by atoms with Crippen molar-refractivity contribution in [1.82, 2.24) is 0 Å². The minimum absolute atomic E-state index is 0. The van der Waals surface area contributed by atoms with Crippen LogP contribution in [-0.2, 0) is 21.0 Å². The Morgan fingerprint density at radius 2 is 1.56 bits per heavy atom. The SMILES string of the molecule is NC(CCC(=O)O)C(=O)O.O=S([O-])[O-].[Na+].[Na+]. The van der Waals surface area contributed by atoms with Gasteiger partial charge in [-0.3, -0.25) is 13.8 Å². The van der Waals surface area contributed by atoms with E-state index >= 15 is 0 Å². The van der Waals surface area contributed by atoms with E-state index in [1.807, 2.05) is 0 Å². The number of aliphatic carboxylic acids is 2. The Kier molecular flexibility index (Phi) is 25.7. The summed E-state index contributed by atoms with van der Waals surface area (Å²) in [6.07, 6.45) is -0.224. The van der Waals surface area contributed by atoms with Crippen LogP contribution in [0.25, 0.3) is 0 Å². The number of carbonyl (C=O) groups is 2. The fourth-order valence-corrected chi connectivity index (χ4v) is 0.402. The first kappa shape index (κ1) is 25.7. The van der Waals surface area contributed by atoms with Gasteiger partial charge in [-0.1, -0.05) is 0 Å². The van der Waals surface area contributed by atoms with Gasteiger partial charge in [-0.15, -0.1) is 11.4 Å². The zero-order chi connectivity index (χ0) is 11.7. The molecule has 0 saturated carbocycles. The molecular formula is C5H9NNa2O7S. The quantitative estimate of drug-likeness (QED) is 0.335. The molecule has 11 heteroatoms. The van der Waals surface area contributed by atoms with Gasteiger partial charge in [0.05, 0.1) is 0 Å². The molecule has 0 aromatic carbocycles. The molecule has 0 aliphatic carbocycles. The van der Waals surface area contributed by atoms with E-state index in [2.05, 4.69) is 0 Å². The largest absolute Gasteiger partial charge is 1.00 e. The second kappa shape index (κ2) is 16.0. The maximum atomic E-state index is 9.99. The van der Waals surface area contributed by atoms with Crippen LogP contribution in [0.15, 0.2) is 0 Å². The smallest absolute Gasteiger partial charge is 0.784 e. The van der Waals surface area contributed by atoms with Crippen LogP contribution in [0.5, 0.6) is 0 Å². The molecule has 0 aliphatic heterocycles. The van der Waals surface area contributed by atoms with Gasteiger partial charge in [0, 0.05) is 6.42 Å². The monoisotopic (exact) mass is 273 g/mol. The van der Waals surface area contributed by atoms with E-state index < -0.39 is 29.3 Å². The van der Waals surface area contributed by atoms with Crippen LogP contribution >= 0.6 is 0 Å². The number of rotatable bonds is 4. The van der Waals surface area contributed by atoms with E-state index in [1.165, 1.54) is 0 Å². The van der Waals surface area contributed by atoms with Crippen molar-refractivity contribution in [3.8, 4) is 0 Å².